The van der Waals surface area contributed by atoms with Gasteiger partial charge in [-0.3, -0.25) is 14.4 Å². The highest BCUT2D eigenvalue weighted by Crippen LogP contribution is 2.27. The Morgan fingerprint density at radius 3 is 2.30 bits per heavy atom. The third kappa shape index (κ3) is 12.7. The number of carbonyl (C=O) groups is 6. The van der Waals surface area contributed by atoms with Crippen LogP contribution in [0.25, 0.3) is 0 Å². The predicted octanol–water partition coefficient (Wildman–Crippen LogP) is 4.66. The van der Waals surface area contributed by atoms with E-state index in [1.165, 1.54) is 18.9 Å². The van der Waals surface area contributed by atoms with Crippen molar-refractivity contribution in [1.29, 1.82) is 0 Å². The molecule has 2 aromatic rings. The number of hydrogen-bond acceptors (Lipinski definition) is 9. The lowest BCUT2D eigenvalue weighted by atomic mass is 9.94. The van der Waals surface area contributed by atoms with E-state index in [-0.39, 0.29) is 38.8 Å². The number of carbonyl (C=O) groups excluding carboxylic acids is 5. The molecule has 4 N–H and O–H groups in total. The van der Waals surface area contributed by atoms with Crippen LogP contribution in [-0.2, 0) is 35.1 Å². The lowest BCUT2D eigenvalue weighted by molar-refractivity contribution is -0.149. The number of nitrogens with zero attached hydrogens (tertiary/aromatic N) is 1. The van der Waals surface area contributed by atoms with Gasteiger partial charge in [0.1, 0.15) is 35.0 Å². The van der Waals surface area contributed by atoms with Crippen molar-refractivity contribution >= 4 is 47.4 Å². The van der Waals surface area contributed by atoms with E-state index in [1.807, 2.05) is 0 Å². The van der Waals surface area contributed by atoms with Crippen molar-refractivity contribution in [3.63, 3.8) is 0 Å². The van der Waals surface area contributed by atoms with Crippen molar-refractivity contribution in [3.05, 3.63) is 64.7 Å². The Balaban J connectivity index is 1.78. The summed E-state index contributed by atoms with van der Waals surface area (Å²) in [6.07, 6.45) is 0.883. The largest absolute Gasteiger partial charge is 0.495 e. The molecule has 1 heterocycles. The van der Waals surface area contributed by atoms with Crippen molar-refractivity contribution in [3.8, 4) is 5.75 Å². The van der Waals surface area contributed by atoms with Crippen molar-refractivity contribution in [2.75, 3.05) is 20.3 Å². The minimum atomic E-state index is -1.57. The van der Waals surface area contributed by atoms with Gasteiger partial charge < -0.3 is 40.2 Å². The highest BCUT2D eigenvalue weighted by atomic mass is 35.5. The SMILES string of the molecule is CC[C@](C)(NC(=O)[C@@H](CCCCOC(=O)c1ccccc1)NC(=O)OC(C)(C)C)C(=O)N[C@@H](Cc1ccc(Cl)c(OC)c1)C(=O)N1CCC[C@@H]1C(=O)O. The first-order valence-electron chi connectivity index (χ1n) is 17.7. The fraction of sp³-hybridized carbons (Fsp3) is 0.526. The van der Waals surface area contributed by atoms with Crippen LogP contribution in [0.4, 0.5) is 4.79 Å². The molecular weight excluding hydrogens is 708 g/mol. The number of carboxylic acids is 1. The van der Waals surface area contributed by atoms with Gasteiger partial charge in [0, 0.05) is 13.0 Å². The van der Waals surface area contributed by atoms with Crippen LogP contribution < -0.4 is 20.7 Å². The second kappa shape index (κ2) is 19.3. The molecule has 1 fully saturated rings. The van der Waals surface area contributed by atoms with Gasteiger partial charge >= 0.3 is 18.0 Å². The van der Waals surface area contributed by atoms with Gasteiger partial charge in [-0.2, -0.15) is 0 Å². The number of unbranched alkanes of at least 4 members (excludes halogenated alkanes) is 1. The van der Waals surface area contributed by atoms with Crippen molar-refractivity contribution in [2.45, 2.75) is 109 Å². The molecular formula is C38H51ClN4O10. The van der Waals surface area contributed by atoms with Gasteiger partial charge in [-0.25, -0.2) is 14.4 Å². The molecule has 15 heteroatoms. The van der Waals surface area contributed by atoms with Crippen LogP contribution >= 0.6 is 11.6 Å². The van der Waals surface area contributed by atoms with E-state index < -0.39 is 65.0 Å². The van der Waals surface area contributed by atoms with Crippen LogP contribution in [0.3, 0.4) is 0 Å². The Hall–Kier alpha value is -4.85. The van der Waals surface area contributed by atoms with Gasteiger partial charge in [0.15, 0.2) is 0 Å². The Bertz CT molecular complexity index is 1620. The predicted molar refractivity (Wildman–Crippen MR) is 197 cm³/mol. The molecule has 4 amide bonds. The minimum absolute atomic E-state index is 0.0215. The first-order valence-corrected chi connectivity index (χ1v) is 18.1. The number of carboxylic acid groups (broad SMARTS) is 1. The molecule has 1 aliphatic heterocycles. The summed E-state index contributed by atoms with van der Waals surface area (Å²) >= 11 is 6.21. The maximum atomic E-state index is 14.0. The second-order valence-corrected chi connectivity index (χ2v) is 14.5. The number of benzene rings is 2. The molecule has 0 aromatic heterocycles. The number of likely N-dealkylation sites (tertiary alicyclic amines) is 1. The maximum absolute atomic E-state index is 14.0. The molecule has 0 spiro atoms. The van der Waals surface area contributed by atoms with E-state index >= 15 is 0 Å². The number of esters is 1. The van der Waals surface area contributed by atoms with Gasteiger partial charge in [-0.05, 0) is 96.0 Å². The minimum Gasteiger partial charge on any atom is -0.495 e. The van der Waals surface area contributed by atoms with Gasteiger partial charge in [-0.1, -0.05) is 42.8 Å². The molecule has 0 bridgehead atoms. The van der Waals surface area contributed by atoms with Gasteiger partial charge in [-0.15, -0.1) is 0 Å². The number of hydrogen-bond donors (Lipinski definition) is 4. The smallest absolute Gasteiger partial charge is 0.408 e. The molecule has 0 unspecified atom stereocenters. The fourth-order valence-corrected chi connectivity index (χ4v) is 5.92. The lowest BCUT2D eigenvalue weighted by Gasteiger charge is -2.34. The number of methoxy groups -OCH3 is 1. The fourth-order valence-electron chi connectivity index (χ4n) is 5.73. The molecule has 53 heavy (non-hydrogen) atoms. The van der Waals surface area contributed by atoms with E-state index in [0.717, 1.165) is 0 Å². The number of rotatable bonds is 17. The number of amides is 4. The highest BCUT2D eigenvalue weighted by molar-refractivity contribution is 6.32. The van der Waals surface area contributed by atoms with Crippen LogP contribution in [0.15, 0.2) is 48.5 Å². The molecule has 0 saturated carbocycles. The zero-order valence-corrected chi connectivity index (χ0v) is 31.9. The van der Waals surface area contributed by atoms with Gasteiger partial charge in [0.05, 0.1) is 24.3 Å². The normalized spacial score (nSPS) is 16.4. The molecule has 4 atom stereocenters. The van der Waals surface area contributed by atoms with Crippen molar-refractivity contribution in [2.24, 2.45) is 0 Å². The van der Waals surface area contributed by atoms with Crippen molar-refractivity contribution < 1.29 is 48.1 Å². The second-order valence-electron chi connectivity index (χ2n) is 14.1. The third-order valence-corrected chi connectivity index (χ3v) is 9.14. The number of nitrogens with one attached hydrogen (secondary N) is 3. The van der Waals surface area contributed by atoms with E-state index in [9.17, 15) is 33.9 Å². The molecule has 1 saturated heterocycles. The zero-order valence-electron chi connectivity index (χ0n) is 31.2. The first kappa shape index (κ1) is 42.6. The summed E-state index contributed by atoms with van der Waals surface area (Å²) in [6, 6.07) is 10.0. The first-order chi connectivity index (χ1) is 25.0. The number of halogens is 1. The number of aliphatic carboxylic acids is 1. The Labute approximate surface area is 315 Å². The summed E-state index contributed by atoms with van der Waals surface area (Å²) in [7, 11) is 1.44. The molecule has 14 nitrogen and oxygen atoms in total. The average molecular weight is 759 g/mol. The summed E-state index contributed by atoms with van der Waals surface area (Å²) in [5.41, 5.74) is -1.41. The topological polar surface area (TPSA) is 190 Å². The summed E-state index contributed by atoms with van der Waals surface area (Å²) in [5.74, 6) is -3.21. The zero-order chi connectivity index (χ0) is 39.3. The van der Waals surface area contributed by atoms with E-state index in [4.69, 9.17) is 25.8 Å². The van der Waals surface area contributed by atoms with Crippen LogP contribution in [0.5, 0.6) is 5.75 Å². The van der Waals surface area contributed by atoms with E-state index in [2.05, 4.69) is 16.0 Å². The number of alkyl carbamates (subject to hydrolysis) is 1. The third-order valence-electron chi connectivity index (χ3n) is 8.82. The average Bonchev–Trinajstić information content (AvgIpc) is 3.61. The molecule has 3 rings (SSSR count). The summed E-state index contributed by atoms with van der Waals surface area (Å²) in [5, 5.41) is 18.2. The Morgan fingerprint density at radius 2 is 1.68 bits per heavy atom. The lowest BCUT2D eigenvalue weighted by Crippen LogP contribution is -2.63. The number of ether oxygens (including phenoxy) is 3. The van der Waals surface area contributed by atoms with Crippen LogP contribution in [0, 0.1) is 0 Å². The van der Waals surface area contributed by atoms with Crippen LogP contribution in [-0.4, -0.2) is 95.3 Å². The summed E-state index contributed by atoms with van der Waals surface area (Å²) < 4.78 is 16.0. The summed E-state index contributed by atoms with van der Waals surface area (Å²) in [6.45, 7) is 8.50. The molecule has 1 aliphatic rings. The van der Waals surface area contributed by atoms with E-state index in [0.29, 0.717) is 41.2 Å². The summed E-state index contributed by atoms with van der Waals surface area (Å²) in [4.78, 5) is 80.0. The van der Waals surface area contributed by atoms with E-state index in [1.54, 1.807) is 76.2 Å². The quantitative estimate of drug-likeness (QED) is 0.131. The van der Waals surface area contributed by atoms with Crippen LogP contribution in [0.1, 0.15) is 89.1 Å². The van der Waals surface area contributed by atoms with Gasteiger partial charge in [0.25, 0.3) is 0 Å². The maximum Gasteiger partial charge on any atom is 0.408 e. The Kier molecular flexibility index (Phi) is 15.5. The highest BCUT2D eigenvalue weighted by Gasteiger charge is 2.41. The molecule has 2 aromatic carbocycles. The van der Waals surface area contributed by atoms with Crippen LogP contribution in [0.2, 0.25) is 5.02 Å². The Morgan fingerprint density at radius 1 is 0.981 bits per heavy atom. The monoisotopic (exact) mass is 758 g/mol. The molecule has 0 radical (unpaired) electrons. The molecule has 0 aliphatic carbocycles. The molecule has 290 valence electrons. The standard InChI is InChI=1S/C38H51ClN4O10/c1-7-38(5,35(49)40-28(22-24-18-19-26(39)30(23-24)51-6)32(45)43-20-13-17-29(43)33(46)47)42-31(44)27(41-36(50)53-37(2,3)4)16-11-12-21-52-34(48)25-14-9-8-10-15-25/h8-10,14-15,18-19,23,27-29H,7,11-13,16-17,20-22H2,1-6H3,(H,40,49)(H,41,50)(H,42,44)(H,46,47)/t27-,28+,29-,38+/m1/s1. The van der Waals surface area contributed by atoms with Gasteiger partial charge in [0.2, 0.25) is 17.7 Å². The van der Waals surface area contributed by atoms with Crippen molar-refractivity contribution in [1.82, 2.24) is 20.9 Å².